The second-order valence-electron chi connectivity index (χ2n) is 5.53. The van der Waals surface area contributed by atoms with Gasteiger partial charge in [0.1, 0.15) is 5.01 Å². The lowest BCUT2D eigenvalue weighted by Crippen LogP contribution is -2.54. The van der Waals surface area contributed by atoms with Gasteiger partial charge in [0.25, 0.3) is 0 Å². The molecule has 3 rings (SSSR count). The highest BCUT2D eigenvalue weighted by Crippen LogP contribution is 2.32. The highest BCUT2D eigenvalue weighted by Gasteiger charge is 2.40. The first kappa shape index (κ1) is 11.6. The molecule has 0 aromatic carbocycles. The summed E-state index contributed by atoms with van der Waals surface area (Å²) in [6, 6.07) is 2.22. The van der Waals surface area contributed by atoms with Crippen molar-refractivity contribution in [1.29, 1.82) is 0 Å². The number of aromatic nitrogens is 1. The number of thiazole rings is 1. The fourth-order valence-electron chi connectivity index (χ4n) is 3.19. The van der Waals surface area contributed by atoms with Crippen LogP contribution in [0.4, 0.5) is 0 Å². The second-order valence-corrected chi connectivity index (χ2v) is 6.51. The monoisotopic (exact) mass is 251 g/mol. The van der Waals surface area contributed by atoms with Gasteiger partial charge >= 0.3 is 0 Å². The van der Waals surface area contributed by atoms with E-state index in [2.05, 4.69) is 34.0 Å². The third-order valence-corrected chi connectivity index (χ3v) is 4.96. The zero-order valence-electron chi connectivity index (χ0n) is 10.7. The molecule has 94 valence electrons. The molecule has 2 atom stereocenters. The number of rotatable bonds is 3. The standard InChI is InChI=1S/C13H21N3S/c1-10(2)15-7-11-3-4-12(8-15)16(11)9-13-14-5-6-17-13/h5-6,10-12H,3-4,7-9H2,1-2H3/t11-,12+. The molecule has 3 heterocycles. The maximum Gasteiger partial charge on any atom is 0.107 e. The molecule has 0 N–H and O–H groups in total. The van der Waals surface area contributed by atoms with Crippen molar-refractivity contribution in [2.45, 2.75) is 51.4 Å². The van der Waals surface area contributed by atoms with Crippen LogP contribution < -0.4 is 0 Å². The van der Waals surface area contributed by atoms with Gasteiger partial charge < -0.3 is 0 Å². The van der Waals surface area contributed by atoms with Crippen molar-refractivity contribution in [2.75, 3.05) is 13.1 Å². The minimum absolute atomic E-state index is 0.695. The Morgan fingerprint density at radius 1 is 1.35 bits per heavy atom. The topological polar surface area (TPSA) is 19.4 Å². The van der Waals surface area contributed by atoms with E-state index >= 15 is 0 Å². The van der Waals surface area contributed by atoms with Crippen LogP contribution in [0.2, 0.25) is 0 Å². The summed E-state index contributed by atoms with van der Waals surface area (Å²) in [6.07, 6.45) is 4.67. The molecule has 0 amide bonds. The van der Waals surface area contributed by atoms with Crippen molar-refractivity contribution in [3.05, 3.63) is 16.6 Å². The Morgan fingerprint density at radius 3 is 2.59 bits per heavy atom. The Labute approximate surface area is 107 Å². The number of hydrogen-bond acceptors (Lipinski definition) is 4. The first-order chi connectivity index (χ1) is 8.24. The van der Waals surface area contributed by atoms with Crippen LogP contribution in [-0.4, -0.2) is 46.0 Å². The summed E-state index contributed by atoms with van der Waals surface area (Å²) >= 11 is 1.79. The lowest BCUT2D eigenvalue weighted by atomic mass is 10.1. The van der Waals surface area contributed by atoms with E-state index < -0.39 is 0 Å². The number of fused-ring (bicyclic) bond motifs is 2. The van der Waals surface area contributed by atoms with Crippen LogP contribution in [0.3, 0.4) is 0 Å². The number of likely N-dealkylation sites (tertiary alicyclic amines) is 1. The van der Waals surface area contributed by atoms with Gasteiger partial charge in [-0.1, -0.05) is 0 Å². The van der Waals surface area contributed by atoms with Gasteiger partial charge in [-0.05, 0) is 26.7 Å². The van der Waals surface area contributed by atoms with E-state index in [1.54, 1.807) is 11.3 Å². The fourth-order valence-corrected chi connectivity index (χ4v) is 3.81. The summed E-state index contributed by atoms with van der Waals surface area (Å²) in [4.78, 5) is 9.76. The van der Waals surface area contributed by atoms with Crippen LogP contribution in [0.1, 0.15) is 31.7 Å². The summed E-state index contributed by atoms with van der Waals surface area (Å²) in [5.74, 6) is 0. The normalized spacial score (nSPS) is 30.3. The van der Waals surface area contributed by atoms with E-state index in [4.69, 9.17) is 0 Å². The molecule has 2 aliphatic rings. The zero-order valence-corrected chi connectivity index (χ0v) is 11.5. The third kappa shape index (κ3) is 2.26. The number of hydrogen-bond donors (Lipinski definition) is 0. The summed E-state index contributed by atoms with van der Waals surface area (Å²) < 4.78 is 0. The molecule has 1 aromatic heterocycles. The molecule has 2 aliphatic heterocycles. The highest BCUT2D eigenvalue weighted by molar-refractivity contribution is 7.09. The third-order valence-electron chi connectivity index (χ3n) is 4.19. The molecular formula is C13H21N3S. The Balaban J connectivity index is 1.68. The second kappa shape index (κ2) is 4.67. The Bertz CT molecular complexity index is 349. The maximum atomic E-state index is 4.42. The predicted octanol–water partition coefficient (Wildman–Crippen LogP) is 2.20. The smallest absolute Gasteiger partial charge is 0.107 e. The number of piperazine rings is 1. The Hall–Kier alpha value is -0.450. The fraction of sp³-hybridized carbons (Fsp3) is 0.769. The first-order valence-corrected chi connectivity index (χ1v) is 7.50. The van der Waals surface area contributed by atoms with E-state index in [9.17, 15) is 0 Å². The summed E-state index contributed by atoms with van der Waals surface area (Å²) in [5.41, 5.74) is 0. The van der Waals surface area contributed by atoms with Gasteiger partial charge in [0, 0.05) is 42.8 Å². The van der Waals surface area contributed by atoms with Crippen molar-refractivity contribution < 1.29 is 0 Å². The van der Waals surface area contributed by atoms with Crippen LogP contribution in [0.5, 0.6) is 0 Å². The van der Waals surface area contributed by atoms with Crippen LogP contribution >= 0.6 is 11.3 Å². The molecule has 2 saturated heterocycles. The molecule has 0 spiro atoms. The summed E-state index contributed by atoms with van der Waals surface area (Å²) in [5, 5.41) is 3.36. The van der Waals surface area contributed by atoms with Gasteiger partial charge in [-0.3, -0.25) is 9.80 Å². The highest BCUT2D eigenvalue weighted by atomic mass is 32.1. The van der Waals surface area contributed by atoms with E-state index in [1.165, 1.54) is 30.9 Å². The molecular weight excluding hydrogens is 230 g/mol. The molecule has 0 aliphatic carbocycles. The molecule has 17 heavy (non-hydrogen) atoms. The van der Waals surface area contributed by atoms with Gasteiger partial charge in [0.05, 0.1) is 6.54 Å². The summed E-state index contributed by atoms with van der Waals surface area (Å²) in [6.45, 7) is 8.20. The lowest BCUT2D eigenvalue weighted by molar-refractivity contribution is 0.0441. The Morgan fingerprint density at radius 2 is 2.06 bits per heavy atom. The van der Waals surface area contributed by atoms with Crippen molar-refractivity contribution >= 4 is 11.3 Å². The lowest BCUT2D eigenvalue weighted by Gasteiger charge is -2.42. The molecule has 2 bridgehead atoms. The van der Waals surface area contributed by atoms with E-state index in [-0.39, 0.29) is 0 Å². The average molecular weight is 251 g/mol. The van der Waals surface area contributed by atoms with Crippen molar-refractivity contribution in [2.24, 2.45) is 0 Å². The van der Waals surface area contributed by atoms with E-state index in [1.807, 2.05) is 6.20 Å². The van der Waals surface area contributed by atoms with E-state index in [0.29, 0.717) is 6.04 Å². The first-order valence-electron chi connectivity index (χ1n) is 6.62. The molecule has 0 radical (unpaired) electrons. The average Bonchev–Trinajstić information content (AvgIpc) is 2.86. The molecule has 1 aromatic rings. The quantitative estimate of drug-likeness (QED) is 0.821. The van der Waals surface area contributed by atoms with Crippen molar-refractivity contribution in [1.82, 2.24) is 14.8 Å². The van der Waals surface area contributed by atoms with Gasteiger partial charge in [-0.15, -0.1) is 11.3 Å². The predicted molar refractivity (Wildman–Crippen MR) is 71.2 cm³/mol. The molecule has 0 unspecified atom stereocenters. The Kier molecular flexibility index (Phi) is 3.19. The van der Waals surface area contributed by atoms with Crippen molar-refractivity contribution in [3.63, 3.8) is 0 Å². The van der Waals surface area contributed by atoms with Crippen molar-refractivity contribution in [3.8, 4) is 0 Å². The van der Waals surface area contributed by atoms with Crippen LogP contribution in [0.15, 0.2) is 11.6 Å². The van der Waals surface area contributed by atoms with Crippen LogP contribution in [0.25, 0.3) is 0 Å². The maximum absolute atomic E-state index is 4.42. The zero-order chi connectivity index (χ0) is 11.8. The minimum atomic E-state index is 0.695. The molecule has 3 nitrogen and oxygen atoms in total. The SMILES string of the molecule is CC(C)N1C[C@H]2CC[C@@H](C1)N2Cc1nccs1. The van der Waals surface area contributed by atoms with Crippen LogP contribution in [0, 0.1) is 0 Å². The summed E-state index contributed by atoms with van der Waals surface area (Å²) in [7, 11) is 0. The van der Waals surface area contributed by atoms with Gasteiger partial charge in [0.15, 0.2) is 0 Å². The molecule has 4 heteroatoms. The van der Waals surface area contributed by atoms with Crippen LogP contribution in [-0.2, 0) is 6.54 Å². The van der Waals surface area contributed by atoms with Gasteiger partial charge in [-0.2, -0.15) is 0 Å². The van der Waals surface area contributed by atoms with E-state index in [0.717, 1.165) is 18.6 Å². The largest absolute Gasteiger partial charge is 0.298 e. The number of nitrogens with zero attached hydrogens (tertiary/aromatic N) is 3. The molecule has 2 fully saturated rings. The van der Waals surface area contributed by atoms with Gasteiger partial charge in [-0.25, -0.2) is 4.98 Å². The minimum Gasteiger partial charge on any atom is -0.298 e. The van der Waals surface area contributed by atoms with Gasteiger partial charge in [0.2, 0.25) is 0 Å². The molecule has 0 saturated carbocycles.